The van der Waals surface area contributed by atoms with Crippen molar-refractivity contribution in [1.82, 2.24) is 5.48 Å². The third kappa shape index (κ3) is 2.47. The van der Waals surface area contributed by atoms with Crippen molar-refractivity contribution in [3.63, 3.8) is 0 Å². The van der Waals surface area contributed by atoms with E-state index in [4.69, 9.17) is 14.3 Å². The van der Waals surface area contributed by atoms with E-state index in [0.717, 1.165) is 25.0 Å². The molecule has 2 heterocycles. The molecule has 1 fully saturated rings. The van der Waals surface area contributed by atoms with Gasteiger partial charge in [0.25, 0.3) is 0 Å². The maximum absolute atomic E-state index is 5.99. The second-order valence-corrected chi connectivity index (χ2v) is 4.56. The molecule has 0 saturated carbocycles. The molecule has 2 aliphatic heterocycles. The largest absolute Gasteiger partial charge is 0.490 e. The smallest absolute Gasteiger partial charge is 0.126 e. The summed E-state index contributed by atoms with van der Waals surface area (Å²) in [7, 11) is 0. The van der Waals surface area contributed by atoms with Crippen LogP contribution in [-0.2, 0) is 14.3 Å². The van der Waals surface area contributed by atoms with Crippen LogP contribution in [0.4, 0.5) is 0 Å². The first-order chi connectivity index (χ1) is 8.42. The second-order valence-electron chi connectivity index (χ2n) is 4.56. The molecule has 3 rings (SSSR count). The Morgan fingerprint density at radius 1 is 1.41 bits per heavy atom. The van der Waals surface area contributed by atoms with Crippen LogP contribution >= 0.6 is 0 Å². The highest BCUT2D eigenvalue weighted by Gasteiger charge is 2.29. The molecule has 1 saturated heterocycles. The number of rotatable bonds is 2. The molecule has 0 spiro atoms. The molecule has 1 aliphatic carbocycles. The van der Waals surface area contributed by atoms with Gasteiger partial charge in [0.05, 0.1) is 6.61 Å². The van der Waals surface area contributed by atoms with Gasteiger partial charge in [0.15, 0.2) is 0 Å². The van der Waals surface area contributed by atoms with E-state index < -0.39 is 0 Å². The standard InChI is InChI=1S/C13H17NO3/c1-2-4-13-12(3-1)15-9-11(17-13)7-10-5-6-16-14-8-10/h4-6,8,11-12,14H,1-3,7,9H2. The molecule has 1 N–H and O–H groups in total. The molecular weight excluding hydrogens is 218 g/mol. The van der Waals surface area contributed by atoms with E-state index in [-0.39, 0.29) is 12.2 Å². The Hall–Kier alpha value is -1.42. The average Bonchev–Trinajstić information content (AvgIpc) is 2.40. The molecule has 0 amide bonds. The summed E-state index contributed by atoms with van der Waals surface area (Å²) < 4.78 is 11.8. The van der Waals surface area contributed by atoms with Crippen LogP contribution in [0.15, 0.2) is 35.9 Å². The Labute approximate surface area is 101 Å². The normalized spacial score (nSPS) is 31.3. The summed E-state index contributed by atoms with van der Waals surface area (Å²) in [4.78, 5) is 4.88. The van der Waals surface area contributed by atoms with Crippen LogP contribution in [-0.4, -0.2) is 18.8 Å². The second kappa shape index (κ2) is 4.84. The van der Waals surface area contributed by atoms with Gasteiger partial charge in [0, 0.05) is 12.6 Å². The molecule has 17 heavy (non-hydrogen) atoms. The Kier molecular flexibility index (Phi) is 3.05. The highest BCUT2D eigenvalue weighted by Crippen LogP contribution is 2.29. The Balaban J connectivity index is 1.60. The topological polar surface area (TPSA) is 39.7 Å². The molecule has 0 radical (unpaired) electrons. The monoisotopic (exact) mass is 235 g/mol. The van der Waals surface area contributed by atoms with Crippen LogP contribution in [0.25, 0.3) is 0 Å². The van der Waals surface area contributed by atoms with Crippen LogP contribution in [0.1, 0.15) is 25.7 Å². The lowest BCUT2D eigenvalue weighted by Gasteiger charge is -2.34. The van der Waals surface area contributed by atoms with Crippen molar-refractivity contribution in [3.8, 4) is 0 Å². The van der Waals surface area contributed by atoms with Crippen LogP contribution in [0, 0.1) is 0 Å². The Morgan fingerprint density at radius 3 is 3.29 bits per heavy atom. The summed E-state index contributed by atoms with van der Waals surface area (Å²) in [6.45, 7) is 0.675. The van der Waals surface area contributed by atoms with Crippen LogP contribution in [0.2, 0.25) is 0 Å². The van der Waals surface area contributed by atoms with Gasteiger partial charge in [-0.2, -0.15) is 0 Å². The molecule has 0 aromatic heterocycles. The number of nitrogens with one attached hydrogen (secondary N) is 1. The van der Waals surface area contributed by atoms with Gasteiger partial charge in [-0.05, 0) is 37.0 Å². The first kappa shape index (κ1) is 10.7. The van der Waals surface area contributed by atoms with Crippen molar-refractivity contribution in [2.24, 2.45) is 0 Å². The maximum atomic E-state index is 5.99. The van der Waals surface area contributed by atoms with Crippen LogP contribution in [0.5, 0.6) is 0 Å². The zero-order valence-corrected chi connectivity index (χ0v) is 9.72. The minimum atomic E-state index is 0.117. The van der Waals surface area contributed by atoms with E-state index in [1.807, 2.05) is 12.3 Å². The third-order valence-electron chi connectivity index (χ3n) is 3.25. The number of fused-ring (bicyclic) bond motifs is 1. The van der Waals surface area contributed by atoms with Gasteiger partial charge in [-0.25, -0.2) is 5.48 Å². The summed E-state index contributed by atoms with van der Waals surface area (Å²) in [6, 6.07) is 0. The van der Waals surface area contributed by atoms with Crippen molar-refractivity contribution >= 4 is 0 Å². The highest BCUT2D eigenvalue weighted by atomic mass is 16.6. The summed E-state index contributed by atoms with van der Waals surface area (Å²) in [5, 5.41) is 0. The minimum Gasteiger partial charge on any atom is -0.490 e. The number of hydrogen-bond acceptors (Lipinski definition) is 4. The fraction of sp³-hybridized carbons (Fsp3) is 0.538. The predicted molar refractivity (Wildman–Crippen MR) is 62.6 cm³/mol. The van der Waals surface area contributed by atoms with Crippen molar-refractivity contribution in [2.45, 2.75) is 37.9 Å². The molecule has 92 valence electrons. The van der Waals surface area contributed by atoms with E-state index in [1.54, 1.807) is 6.26 Å². The molecule has 2 unspecified atom stereocenters. The quantitative estimate of drug-likeness (QED) is 0.796. The van der Waals surface area contributed by atoms with Gasteiger partial charge in [-0.15, -0.1) is 0 Å². The van der Waals surface area contributed by atoms with Crippen molar-refractivity contribution < 1.29 is 14.3 Å². The molecule has 0 aromatic rings. The summed E-state index contributed by atoms with van der Waals surface area (Å²) in [5.74, 6) is 1.04. The summed E-state index contributed by atoms with van der Waals surface area (Å²) in [5.41, 5.74) is 3.89. The van der Waals surface area contributed by atoms with Crippen LogP contribution < -0.4 is 5.48 Å². The zero-order valence-electron chi connectivity index (χ0n) is 9.72. The number of hydroxylamine groups is 1. The first-order valence-corrected chi connectivity index (χ1v) is 6.17. The summed E-state index contributed by atoms with van der Waals surface area (Å²) >= 11 is 0. The molecular formula is C13H17NO3. The summed E-state index contributed by atoms with van der Waals surface area (Å²) in [6.07, 6.45) is 12.2. The van der Waals surface area contributed by atoms with E-state index in [0.29, 0.717) is 6.61 Å². The zero-order chi connectivity index (χ0) is 11.5. The SMILES string of the molecule is C1=CC(CC2COC3CCCC=C3O2)=CNO1. The molecule has 2 atom stereocenters. The first-order valence-electron chi connectivity index (χ1n) is 6.17. The van der Waals surface area contributed by atoms with Gasteiger partial charge < -0.3 is 14.3 Å². The van der Waals surface area contributed by atoms with Gasteiger partial charge in [-0.1, -0.05) is 0 Å². The fourth-order valence-electron chi connectivity index (χ4n) is 2.37. The van der Waals surface area contributed by atoms with E-state index in [1.165, 1.54) is 12.0 Å². The van der Waals surface area contributed by atoms with E-state index >= 15 is 0 Å². The van der Waals surface area contributed by atoms with Crippen molar-refractivity contribution in [2.75, 3.05) is 6.61 Å². The molecule has 0 bridgehead atoms. The van der Waals surface area contributed by atoms with Gasteiger partial charge in [-0.3, -0.25) is 0 Å². The van der Waals surface area contributed by atoms with Gasteiger partial charge in [0.2, 0.25) is 0 Å². The molecule has 4 heteroatoms. The van der Waals surface area contributed by atoms with Crippen molar-refractivity contribution in [3.05, 3.63) is 35.9 Å². The number of ether oxygens (including phenoxy) is 2. The molecule has 4 nitrogen and oxygen atoms in total. The lowest BCUT2D eigenvalue weighted by molar-refractivity contribution is -0.0934. The van der Waals surface area contributed by atoms with E-state index in [2.05, 4.69) is 11.6 Å². The van der Waals surface area contributed by atoms with Crippen LogP contribution in [0.3, 0.4) is 0 Å². The van der Waals surface area contributed by atoms with E-state index in [9.17, 15) is 0 Å². The highest BCUT2D eigenvalue weighted by molar-refractivity contribution is 5.19. The molecule has 0 aromatic carbocycles. The third-order valence-corrected chi connectivity index (χ3v) is 3.25. The Morgan fingerprint density at radius 2 is 2.41 bits per heavy atom. The van der Waals surface area contributed by atoms with Gasteiger partial charge >= 0.3 is 0 Å². The minimum absolute atomic E-state index is 0.117. The number of hydrogen-bond donors (Lipinski definition) is 1. The lowest BCUT2D eigenvalue weighted by Crippen LogP contribution is -2.35. The lowest BCUT2D eigenvalue weighted by atomic mass is 10.0. The number of allylic oxidation sites excluding steroid dienone is 2. The average molecular weight is 235 g/mol. The molecule has 3 aliphatic rings. The van der Waals surface area contributed by atoms with Crippen molar-refractivity contribution in [1.29, 1.82) is 0 Å². The maximum Gasteiger partial charge on any atom is 0.126 e. The van der Waals surface area contributed by atoms with Gasteiger partial charge in [0.1, 0.15) is 24.2 Å². The predicted octanol–water partition coefficient (Wildman–Crippen LogP) is 2.16. The Bertz CT molecular complexity index is 373. The fourth-order valence-corrected chi connectivity index (χ4v) is 2.37.